The van der Waals surface area contributed by atoms with Gasteiger partial charge in [0.25, 0.3) is 0 Å². The fraction of sp³-hybridized carbons (Fsp3) is 0.933. The van der Waals surface area contributed by atoms with Gasteiger partial charge in [0.15, 0.2) is 0 Å². The van der Waals surface area contributed by atoms with Crippen molar-refractivity contribution in [3.63, 3.8) is 0 Å². The van der Waals surface area contributed by atoms with Gasteiger partial charge in [-0.3, -0.25) is 4.79 Å². The summed E-state index contributed by atoms with van der Waals surface area (Å²) in [4.78, 5) is 14.8. The summed E-state index contributed by atoms with van der Waals surface area (Å²) in [7, 11) is 0. The first kappa shape index (κ1) is 15.5. The van der Waals surface area contributed by atoms with Crippen molar-refractivity contribution in [2.45, 2.75) is 65.8 Å². The standard InChI is InChI=1S/C15H30N2O/c1-5-12(6-2)11-17(7-3)14(18)15(4)10-8-9-13(15)16/h12-13H,5-11,16H2,1-4H3. The SMILES string of the molecule is CCC(CC)CN(CC)C(=O)C1(C)CCCC1N. The van der Waals surface area contributed by atoms with Gasteiger partial charge in [-0.2, -0.15) is 0 Å². The van der Waals surface area contributed by atoms with Crippen LogP contribution in [-0.4, -0.2) is 29.9 Å². The molecular weight excluding hydrogens is 224 g/mol. The van der Waals surface area contributed by atoms with Crippen LogP contribution in [0.25, 0.3) is 0 Å². The third kappa shape index (κ3) is 3.05. The van der Waals surface area contributed by atoms with Crippen LogP contribution in [0.2, 0.25) is 0 Å². The molecule has 0 aliphatic heterocycles. The fourth-order valence-electron chi connectivity index (χ4n) is 3.03. The molecule has 1 aliphatic carbocycles. The molecule has 0 aromatic rings. The molecule has 0 radical (unpaired) electrons. The summed E-state index contributed by atoms with van der Waals surface area (Å²) < 4.78 is 0. The van der Waals surface area contributed by atoms with Gasteiger partial charge in [0.1, 0.15) is 0 Å². The molecule has 1 rings (SSSR count). The number of carbonyl (C=O) groups is 1. The van der Waals surface area contributed by atoms with E-state index in [1.165, 1.54) is 0 Å². The molecule has 0 aromatic carbocycles. The van der Waals surface area contributed by atoms with Crippen molar-refractivity contribution in [1.29, 1.82) is 0 Å². The summed E-state index contributed by atoms with van der Waals surface area (Å²) in [6.45, 7) is 10.2. The summed E-state index contributed by atoms with van der Waals surface area (Å²) in [6, 6.07) is 0.0424. The number of nitrogens with two attached hydrogens (primary N) is 1. The van der Waals surface area contributed by atoms with Crippen molar-refractivity contribution in [3.8, 4) is 0 Å². The number of rotatable bonds is 6. The third-order valence-electron chi connectivity index (χ3n) is 4.82. The van der Waals surface area contributed by atoms with Gasteiger partial charge in [-0.15, -0.1) is 0 Å². The number of nitrogens with zero attached hydrogens (tertiary/aromatic N) is 1. The van der Waals surface area contributed by atoms with Gasteiger partial charge in [0.05, 0.1) is 5.41 Å². The monoisotopic (exact) mass is 254 g/mol. The Morgan fingerprint density at radius 3 is 2.39 bits per heavy atom. The van der Waals surface area contributed by atoms with Crippen molar-refractivity contribution in [2.24, 2.45) is 17.1 Å². The van der Waals surface area contributed by atoms with E-state index in [-0.39, 0.29) is 17.4 Å². The molecule has 2 N–H and O–H groups in total. The summed E-state index contributed by atoms with van der Waals surface area (Å²) in [5, 5.41) is 0. The minimum atomic E-state index is -0.317. The Balaban J connectivity index is 2.72. The highest BCUT2D eigenvalue weighted by atomic mass is 16.2. The van der Waals surface area contributed by atoms with Crippen LogP contribution in [-0.2, 0) is 4.79 Å². The Morgan fingerprint density at radius 1 is 1.39 bits per heavy atom. The zero-order chi connectivity index (χ0) is 13.8. The molecular formula is C15H30N2O. The molecule has 18 heavy (non-hydrogen) atoms. The second-order valence-corrected chi connectivity index (χ2v) is 5.94. The van der Waals surface area contributed by atoms with E-state index >= 15 is 0 Å². The lowest BCUT2D eigenvalue weighted by molar-refractivity contribution is -0.142. The predicted octanol–water partition coefficient (Wildman–Crippen LogP) is 2.79. The average molecular weight is 254 g/mol. The molecule has 1 saturated carbocycles. The van der Waals surface area contributed by atoms with E-state index in [2.05, 4.69) is 27.7 Å². The van der Waals surface area contributed by atoms with Crippen LogP contribution in [0.15, 0.2) is 0 Å². The van der Waals surface area contributed by atoms with E-state index in [1.807, 2.05) is 4.90 Å². The van der Waals surface area contributed by atoms with Crippen LogP contribution in [0.3, 0.4) is 0 Å². The topological polar surface area (TPSA) is 46.3 Å². The Morgan fingerprint density at radius 2 is 2.00 bits per heavy atom. The molecule has 2 atom stereocenters. The van der Waals surface area contributed by atoms with Crippen LogP contribution in [0.5, 0.6) is 0 Å². The van der Waals surface area contributed by atoms with E-state index in [4.69, 9.17) is 5.73 Å². The lowest BCUT2D eigenvalue weighted by Crippen LogP contribution is -2.50. The van der Waals surface area contributed by atoms with Gasteiger partial charge in [0.2, 0.25) is 5.91 Å². The molecule has 1 amide bonds. The van der Waals surface area contributed by atoms with E-state index in [9.17, 15) is 4.79 Å². The largest absolute Gasteiger partial charge is 0.342 e. The highest BCUT2D eigenvalue weighted by Crippen LogP contribution is 2.38. The molecule has 106 valence electrons. The Hall–Kier alpha value is -0.570. The molecule has 1 fully saturated rings. The van der Waals surface area contributed by atoms with Gasteiger partial charge in [-0.1, -0.05) is 33.1 Å². The van der Waals surface area contributed by atoms with Gasteiger partial charge in [-0.05, 0) is 32.6 Å². The minimum Gasteiger partial charge on any atom is -0.342 e. The lowest BCUT2D eigenvalue weighted by Gasteiger charge is -2.35. The van der Waals surface area contributed by atoms with Crippen molar-refractivity contribution >= 4 is 5.91 Å². The van der Waals surface area contributed by atoms with Crippen molar-refractivity contribution in [1.82, 2.24) is 4.90 Å². The highest BCUT2D eigenvalue weighted by Gasteiger charge is 2.44. The van der Waals surface area contributed by atoms with Crippen molar-refractivity contribution < 1.29 is 4.79 Å². The maximum absolute atomic E-state index is 12.7. The maximum atomic E-state index is 12.7. The first-order chi connectivity index (χ1) is 8.49. The van der Waals surface area contributed by atoms with Crippen LogP contribution < -0.4 is 5.73 Å². The Kier molecular flexibility index (Phi) is 5.64. The van der Waals surface area contributed by atoms with E-state index < -0.39 is 0 Å². The number of hydrogen-bond donors (Lipinski definition) is 1. The second-order valence-electron chi connectivity index (χ2n) is 5.94. The van der Waals surface area contributed by atoms with Crippen molar-refractivity contribution in [2.75, 3.05) is 13.1 Å². The number of hydrogen-bond acceptors (Lipinski definition) is 2. The van der Waals surface area contributed by atoms with Gasteiger partial charge in [-0.25, -0.2) is 0 Å². The zero-order valence-electron chi connectivity index (χ0n) is 12.5. The number of carbonyl (C=O) groups excluding carboxylic acids is 1. The maximum Gasteiger partial charge on any atom is 0.230 e. The van der Waals surface area contributed by atoms with Crippen LogP contribution in [0, 0.1) is 11.3 Å². The summed E-state index contributed by atoms with van der Waals surface area (Å²) in [6.07, 6.45) is 5.31. The molecule has 0 bridgehead atoms. The van der Waals surface area contributed by atoms with Gasteiger partial charge >= 0.3 is 0 Å². The van der Waals surface area contributed by atoms with Crippen LogP contribution in [0.4, 0.5) is 0 Å². The first-order valence-electron chi connectivity index (χ1n) is 7.54. The van der Waals surface area contributed by atoms with Gasteiger partial charge in [0, 0.05) is 19.1 Å². The normalized spacial score (nSPS) is 27.8. The fourth-order valence-corrected chi connectivity index (χ4v) is 3.03. The molecule has 3 nitrogen and oxygen atoms in total. The molecule has 0 spiro atoms. The number of amides is 1. The molecule has 0 heterocycles. The summed E-state index contributed by atoms with van der Waals surface area (Å²) in [5.41, 5.74) is 5.84. The van der Waals surface area contributed by atoms with E-state index in [0.717, 1.165) is 45.2 Å². The Bertz CT molecular complexity index is 276. The Labute approximate surface area is 112 Å². The summed E-state index contributed by atoms with van der Waals surface area (Å²) >= 11 is 0. The van der Waals surface area contributed by atoms with E-state index in [0.29, 0.717) is 5.92 Å². The predicted molar refractivity (Wildman–Crippen MR) is 76.3 cm³/mol. The van der Waals surface area contributed by atoms with Crippen molar-refractivity contribution in [3.05, 3.63) is 0 Å². The van der Waals surface area contributed by atoms with Crippen LogP contribution >= 0.6 is 0 Å². The highest BCUT2D eigenvalue weighted by molar-refractivity contribution is 5.83. The molecule has 3 heteroatoms. The molecule has 2 unspecified atom stereocenters. The third-order valence-corrected chi connectivity index (χ3v) is 4.82. The lowest BCUT2D eigenvalue weighted by atomic mass is 9.83. The second kappa shape index (κ2) is 6.55. The average Bonchev–Trinajstić information content (AvgIpc) is 2.72. The van der Waals surface area contributed by atoms with E-state index in [1.54, 1.807) is 0 Å². The summed E-state index contributed by atoms with van der Waals surface area (Å²) in [5.74, 6) is 0.900. The smallest absolute Gasteiger partial charge is 0.230 e. The van der Waals surface area contributed by atoms with Crippen LogP contribution in [0.1, 0.15) is 59.8 Å². The quantitative estimate of drug-likeness (QED) is 0.792. The minimum absolute atomic E-state index is 0.0424. The molecule has 0 saturated heterocycles. The first-order valence-corrected chi connectivity index (χ1v) is 7.54. The van der Waals surface area contributed by atoms with Gasteiger partial charge < -0.3 is 10.6 Å². The molecule has 1 aliphatic rings. The zero-order valence-corrected chi connectivity index (χ0v) is 12.5. The molecule has 0 aromatic heterocycles.